The maximum absolute atomic E-state index is 12.4. The van der Waals surface area contributed by atoms with Crippen molar-refractivity contribution >= 4 is 11.6 Å². The van der Waals surface area contributed by atoms with Gasteiger partial charge in [-0.3, -0.25) is 4.79 Å². The molecule has 0 fully saturated rings. The molecule has 0 spiro atoms. The van der Waals surface area contributed by atoms with E-state index in [-0.39, 0.29) is 5.91 Å². The summed E-state index contributed by atoms with van der Waals surface area (Å²) in [6.07, 6.45) is -0.974. The summed E-state index contributed by atoms with van der Waals surface area (Å²) in [5.41, 5.74) is 1.92. The fourth-order valence-corrected chi connectivity index (χ4v) is 1.88. The number of methoxy groups -OCH3 is 1. The summed E-state index contributed by atoms with van der Waals surface area (Å²) in [4.78, 5) is 13.9. The van der Waals surface area contributed by atoms with Crippen LogP contribution >= 0.6 is 0 Å². The van der Waals surface area contributed by atoms with Crippen molar-refractivity contribution in [2.24, 2.45) is 0 Å². The van der Waals surface area contributed by atoms with Crippen LogP contribution in [0.2, 0.25) is 0 Å². The minimum absolute atomic E-state index is 0.260. The Labute approximate surface area is 124 Å². The van der Waals surface area contributed by atoms with Crippen molar-refractivity contribution in [3.63, 3.8) is 0 Å². The number of hydrogen-bond donors (Lipinski definition) is 0. The number of benzene rings is 2. The van der Waals surface area contributed by atoms with Crippen molar-refractivity contribution in [3.05, 3.63) is 60.2 Å². The van der Waals surface area contributed by atoms with Crippen molar-refractivity contribution in [2.45, 2.75) is 13.2 Å². The molecule has 1 unspecified atom stereocenters. The Morgan fingerprint density at radius 3 is 2.24 bits per heavy atom. The Balaban J connectivity index is 2.09. The van der Waals surface area contributed by atoms with Crippen LogP contribution in [0.15, 0.2) is 54.6 Å². The quantitative estimate of drug-likeness (QED) is 0.793. The topological polar surface area (TPSA) is 38.8 Å². The highest BCUT2D eigenvalue weighted by atomic mass is 16.7. The molecular formula is C17H19NO3. The Bertz CT molecular complexity index is 581. The van der Waals surface area contributed by atoms with E-state index in [9.17, 15) is 4.79 Å². The van der Waals surface area contributed by atoms with E-state index >= 15 is 0 Å². The molecule has 0 bridgehead atoms. The van der Waals surface area contributed by atoms with Gasteiger partial charge >= 0.3 is 0 Å². The summed E-state index contributed by atoms with van der Waals surface area (Å²) in [5, 5.41) is 0. The average Bonchev–Trinajstić information content (AvgIpc) is 2.54. The van der Waals surface area contributed by atoms with Crippen LogP contribution in [0.3, 0.4) is 0 Å². The highest BCUT2D eigenvalue weighted by Gasteiger charge is 2.24. The van der Waals surface area contributed by atoms with Crippen LogP contribution in [-0.2, 0) is 9.53 Å². The van der Waals surface area contributed by atoms with E-state index in [1.165, 1.54) is 12.0 Å². The van der Waals surface area contributed by atoms with E-state index in [0.29, 0.717) is 5.75 Å². The molecule has 0 heterocycles. The number of nitrogens with zero attached hydrogens (tertiary/aromatic N) is 1. The second-order valence-corrected chi connectivity index (χ2v) is 4.73. The van der Waals surface area contributed by atoms with Gasteiger partial charge in [0.15, 0.2) is 0 Å². The average molecular weight is 285 g/mol. The fraction of sp³-hybridized carbons (Fsp3) is 0.235. The molecule has 1 amide bonds. The largest absolute Gasteiger partial charge is 0.455 e. The first-order valence-corrected chi connectivity index (χ1v) is 6.70. The maximum atomic E-state index is 12.4. The number of likely N-dealkylation sites (N-methyl/N-ethyl adjacent to an activating group) is 1. The number of ether oxygens (including phenoxy) is 2. The van der Waals surface area contributed by atoms with Gasteiger partial charge in [-0.15, -0.1) is 0 Å². The molecule has 0 saturated heterocycles. The van der Waals surface area contributed by atoms with Gasteiger partial charge in [-0.05, 0) is 31.2 Å². The first kappa shape index (κ1) is 15.1. The summed E-state index contributed by atoms with van der Waals surface area (Å²) in [7, 11) is 3.15. The van der Waals surface area contributed by atoms with Crippen molar-refractivity contribution in [2.75, 3.05) is 19.1 Å². The zero-order valence-corrected chi connectivity index (χ0v) is 12.4. The van der Waals surface area contributed by atoms with E-state index in [4.69, 9.17) is 9.47 Å². The van der Waals surface area contributed by atoms with E-state index in [2.05, 4.69) is 0 Å². The Morgan fingerprint density at radius 1 is 1.05 bits per heavy atom. The molecule has 4 heteroatoms. The lowest BCUT2D eigenvalue weighted by Gasteiger charge is -2.23. The third-order valence-electron chi connectivity index (χ3n) is 3.15. The standard InChI is InChI=1S/C17H19NO3/c1-13-9-11-15(12-10-13)21-17(20-3)16(19)18(2)14-7-5-4-6-8-14/h4-12,17H,1-3H3. The molecule has 21 heavy (non-hydrogen) atoms. The lowest BCUT2D eigenvalue weighted by atomic mass is 10.2. The van der Waals surface area contributed by atoms with Crippen molar-refractivity contribution in [1.82, 2.24) is 0 Å². The molecule has 4 nitrogen and oxygen atoms in total. The van der Waals surface area contributed by atoms with Gasteiger partial charge in [-0.2, -0.15) is 0 Å². The van der Waals surface area contributed by atoms with Crippen molar-refractivity contribution in [3.8, 4) is 5.75 Å². The van der Waals surface area contributed by atoms with Gasteiger partial charge in [-0.25, -0.2) is 0 Å². The molecule has 1 atom stereocenters. The van der Waals surface area contributed by atoms with Crippen LogP contribution in [0.25, 0.3) is 0 Å². The summed E-state index contributed by atoms with van der Waals surface area (Å²) in [6.45, 7) is 1.99. The van der Waals surface area contributed by atoms with Crippen molar-refractivity contribution < 1.29 is 14.3 Å². The van der Waals surface area contributed by atoms with E-state index in [0.717, 1.165) is 11.3 Å². The van der Waals surface area contributed by atoms with Crippen LogP contribution in [0.1, 0.15) is 5.56 Å². The lowest BCUT2D eigenvalue weighted by Crippen LogP contribution is -2.41. The number of aryl methyl sites for hydroxylation is 1. The molecule has 0 aliphatic rings. The second kappa shape index (κ2) is 6.90. The minimum Gasteiger partial charge on any atom is -0.455 e. The number of hydrogen-bond acceptors (Lipinski definition) is 3. The molecule has 0 saturated carbocycles. The third kappa shape index (κ3) is 3.83. The number of para-hydroxylation sites is 1. The van der Waals surface area contributed by atoms with E-state index in [1.54, 1.807) is 7.05 Å². The number of amides is 1. The first-order chi connectivity index (χ1) is 10.1. The molecule has 0 N–H and O–H groups in total. The molecule has 0 aromatic heterocycles. The minimum atomic E-state index is -0.974. The molecule has 2 aromatic carbocycles. The summed E-state index contributed by atoms with van der Waals surface area (Å²) in [6, 6.07) is 16.9. The monoisotopic (exact) mass is 285 g/mol. The van der Waals surface area contributed by atoms with Gasteiger partial charge in [0.1, 0.15) is 5.75 Å². The summed E-state index contributed by atoms with van der Waals surface area (Å²) in [5.74, 6) is 0.339. The molecule has 2 rings (SSSR count). The number of rotatable bonds is 5. The molecule has 110 valence electrons. The molecule has 2 aromatic rings. The van der Waals surface area contributed by atoms with Crippen LogP contribution in [0, 0.1) is 6.92 Å². The second-order valence-electron chi connectivity index (χ2n) is 4.73. The predicted molar refractivity (Wildman–Crippen MR) is 82.5 cm³/mol. The van der Waals surface area contributed by atoms with Gasteiger partial charge in [0.2, 0.25) is 0 Å². The maximum Gasteiger partial charge on any atom is 0.296 e. The normalized spacial score (nSPS) is 11.8. The van der Waals surface area contributed by atoms with Gasteiger partial charge in [-0.1, -0.05) is 35.9 Å². The number of carbonyl (C=O) groups is 1. The zero-order chi connectivity index (χ0) is 15.2. The van der Waals surface area contributed by atoms with Crippen molar-refractivity contribution in [1.29, 1.82) is 0 Å². The van der Waals surface area contributed by atoms with Gasteiger partial charge in [0.05, 0.1) is 0 Å². The van der Waals surface area contributed by atoms with Gasteiger partial charge < -0.3 is 14.4 Å². The third-order valence-corrected chi connectivity index (χ3v) is 3.15. The summed E-state index contributed by atoms with van der Waals surface area (Å²) >= 11 is 0. The highest BCUT2D eigenvalue weighted by molar-refractivity contribution is 5.95. The Morgan fingerprint density at radius 2 is 1.67 bits per heavy atom. The fourth-order valence-electron chi connectivity index (χ4n) is 1.88. The Hall–Kier alpha value is -2.33. The SMILES string of the molecule is COC(Oc1ccc(C)cc1)C(=O)N(C)c1ccccc1. The lowest BCUT2D eigenvalue weighted by molar-refractivity contribution is -0.144. The zero-order valence-electron chi connectivity index (χ0n) is 12.4. The molecule has 0 radical (unpaired) electrons. The van der Waals surface area contributed by atoms with Gasteiger partial charge in [0, 0.05) is 19.8 Å². The van der Waals surface area contributed by atoms with Crippen LogP contribution < -0.4 is 9.64 Å². The summed E-state index contributed by atoms with van der Waals surface area (Å²) < 4.78 is 10.8. The predicted octanol–water partition coefficient (Wildman–Crippen LogP) is 3.01. The number of anilines is 1. The molecule has 0 aliphatic carbocycles. The molecule has 0 aliphatic heterocycles. The smallest absolute Gasteiger partial charge is 0.296 e. The van der Waals surface area contributed by atoms with Crippen LogP contribution in [-0.4, -0.2) is 26.4 Å². The van der Waals surface area contributed by atoms with Crippen LogP contribution in [0.5, 0.6) is 5.75 Å². The molecular weight excluding hydrogens is 266 g/mol. The first-order valence-electron chi connectivity index (χ1n) is 6.70. The van der Waals surface area contributed by atoms with Gasteiger partial charge in [0.25, 0.3) is 12.2 Å². The van der Waals surface area contributed by atoms with E-state index in [1.807, 2.05) is 61.5 Å². The Kier molecular flexibility index (Phi) is 4.95. The number of carbonyl (C=O) groups excluding carboxylic acids is 1. The van der Waals surface area contributed by atoms with Crippen LogP contribution in [0.4, 0.5) is 5.69 Å². The van der Waals surface area contributed by atoms with E-state index < -0.39 is 6.29 Å². The highest BCUT2D eigenvalue weighted by Crippen LogP contribution is 2.17.